The van der Waals surface area contributed by atoms with Gasteiger partial charge in [-0.25, -0.2) is 5.43 Å². The van der Waals surface area contributed by atoms with Crippen molar-refractivity contribution in [3.05, 3.63) is 75.3 Å². The van der Waals surface area contributed by atoms with Crippen molar-refractivity contribution in [1.82, 2.24) is 9.99 Å². The summed E-state index contributed by atoms with van der Waals surface area (Å²) in [6, 6.07) is 14.5. The van der Waals surface area contributed by atoms with Gasteiger partial charge in [-0.3, -0.25) is 14.9 Å². The smallest absolute Gasteiger partial charge is 0.281 e. The topological polar surface area (TPSA) is 89.5 Å². The number of nitro groups is 1. The molecule has 2 aromatic carbocycles. The van der Waals surface area contributed by atoms with Gasteiger partial charge >= 0.3 is 0 Å². The summed E-state index contributed by atoms with van der Waals surface area (Å²) in [5, 5.41) is 16.8. The number of carbonyl (C=O) groups is 1. The van der Waals surface area contributed by atoms with Gasteiger partial charge in [0.25, 0.3) is 11.6 Å². The molecule has 2 aromatic heterocycles. The Morgan fingerprint density at radius 3 is 2.79 bits per heavy atom. The zero-order valence-corrected chi connectivity index (χ0v) is 16.6. The predicted molar refractivity (Wildman–Crippen MR) is 116 cm³/mol. The number of nitro benzene ring substituents is 1. The SMILES string of the molecule is CC(C)n1cc(C=NNC(=O)c2cc3cc([N+](=O)[O-])ccc3s2)c2ccccc21. The van der Waals surface area contributed by atoms with Crippen LogP contribution in [-0.4, -0.2) is 21.6 Å². The van der Waals surface area contributed by atoms with E-state index in [4.69, 9.17) is 0 Å². The van der Waals surface area contributed by atoms with Crippen LogP contribution in [0.1, 0.15) is 35.1 Å². The van der Waals surface area contributed by atoms with Crippen molar-refractivity contribution < 1.29 is 9.72 Å². The number of nitrogens with one attached hydrogen (secondary N) is 1. The number of nitrogens with zero attached hydrogens (tertiary/aromatic N) is 3. The highest BCUT2D eigenvalue weighted by atomic mass is 32.1. The van der Waals surface area contributed by atoms with E-state index in [-0.39, 0.29) is 11.6 Å². The lowest BCUT2D eigenvalue weighted by molar-refractivity contribution is -0.384. The van der Waals surface area contributed by atoms with Crippen LogP contribution in [0.2, 0.25) is 0 Å². The molecule has 0 atom stereocenters. The third-order valence-electron chi connectivity index (χ3n) is 4.63. The van der Waals surface area contributed by atoms with E-state index in [2.05, 4.69) is 35.0 Å². The largest absolute Gasteiger partial charge is 0.344 e. The second-order valence-corrected chi connectivity index (χ2v) is 7.98. The quantitative estimate of drug-likeness (QED) is 0.284. The summed E-state index contributed by atoms with van der Waals surface area (Å²) >= 11 is 1.27. The molecule has 0 spiro atoms. The maximum Gasteiger partial charge on any atom is 0.281 e. The number of amides is 1. The number of hydrazone groups is 1. The van der Waals surface area contributed by atoms with Crippen LogP contribution < -0.4 is 5.43 Å². The van der Waals surface area contributed by atoms with E-state index in [9.17, 15) is 14.9 Å². The number of carbonyl (C=O) groups excluding carboxylic acids is 1. The van der Waals surface area contributed by atoms with Crippen molar-refractivity contribution >= 4 is 50.1 Å². The zero-order valence-electron chi connectivity index (χ0n) is 15.8. The fourth-order valence-electron chi connectivity index (χ4n) is 3.23. The molecule has 0 saturated heterocycles. The number of para-hydroxylation sites is 1. The molecule has 146 valence electrons. The first-order valence-electron chi connectivity index (χ1n) is 9.05. The molecule has 29 heavy (non-hydrogen) atoms. The second kappa shape index (κ2) is 7.48. The molecule has 0 fully saturated rings. The van der Waals surface area contributed by atoms with Gasteiger partial charge in [-0.05, 0) is 32.0 Å². The van der Waals surface area contributed by atoms with Gasteiger partial charge in [0.1, 0.15) is 0 Å². The van der Waals surface area contributed by atoms with Crippen LogP contribution in [0.3, 0.4) is 0 Å². The lowest BCUT2D eigenvalue weighted by atomic mass is 10.2. The Bertz CT molecular complexity index is 1270. The van der Waals surface area contributed by atoms with Crippen molar-refractivity contribution in [1.29, 1.82) is 0 Å². The van der Waals surface area contributed by atoms with Crippen LogP contribution in [-0.2, 0) is 0 Å². The van der Waals surface area contributed by atoms with E-state index in [0.717, 1.165) is 21.2 Å². The fraction of sp³-hybridized carbons (Fsp3) is 0.143. The number of rotatable bonds is 5. The molecular weight excluding hydrogens is 388 g/mol. The second-order valence-electron chi connectivity index (χ2n) is 6.89. The highest BCUT2D eigenvalue weighted by molar-refractivity contribution is 7.20. The van der Waals surface area contributed by atoms with E-state index in [1.165, 1.54) is 23.5 Å². The van der Waals surface area contributed by atoms with Crippen molar-refractivity contribution in [2.75, 3.05) is 0 Å². The minimum atomic E-state index is -0.450. The Kier molecular flexibility index (Phi) is 4.85. The molecule has 2 heterocycles. The summed E-state index contributed by atoms with van der Waals surface area (Å²) in [4.78, 5) is 23.4. The van der Waals surface area contributed by atoms with E-state index in [0.29, 0.717) is 16.3 Å². The Morgan fingerprint density at radius 1 is 1.24 bits per heavy atom. The van der Waals surface area contributed by atoms with E-state index in [1.54, 1.807) is 18.3 Å². The Hall–Kier alpha value is -3.52. The Labute approximate surface area is 170 Å². The van der Waals surface area contributed by atoms with Crippen molar-refractivity contribution in [2.45, 2.75) is 19.9 Å². The number of non-ortho nitro benzene ring substituents is 1. The first-order valence-corrected chi connectivity index (χ1v) is 9.86. The molecule has 0 saturated carbocycles. The molecule has 0 unspecified atom stereocenters. The molecule has 1 amide bonds. The van der Waals surface area contributed by atoms with Gasteiger partial charge in [0.15, 0.2) is 0 Å². The molecule has 1 N–H and O–H groups in total. The molecule has 0 bridgehead atoms. The maximum atomic E-state index is 12.4. The Morgan fingerprint density at radius 2 is 2.03 bits per heavy atom. The number of benzene rings is 2. The van der Waals surface area contributed by atoms with Gasteiger partial charge in [0, 0.05) is 50.9 Å². The molecule has 0 aliphatic rings. The number of thiophene rings is 1. The highest BCUT2D eigenvalue weighted by Gasteiger charge is 2.13. The zero-order chi connectivity index (χ0) is 20.5. The summed E-state index contributed by atoms with van der Waals surface area (Å²) in [7, 11) is 0. The van der Waals surface area contributed by atoms with Gasteiger partial charge in [0.05, 0.1) is 16.0 Å². The summed E-state index contributed by atoms with van der Waals surface area (Å²) in [6.07, 6.45) is 3.65. The van der Waals surface area contributed by atoms with Crippen LogP contribution in [0, 0.1) is 10.1 Å². The molecule has 8 heteroatoms. The number of hydrogen-bond donors (Lipinski definition) is 1. The molecule has 4 aromatic rings. The number of aromatic nitrogens is 1. The summed E-state index contributed by atoms with van der Waals surface area (Å²) < 4.78 is 2.97. The van der Waals surface area contributed by atoms with Gasteiger partial charge in [-0.2, -0.15) is 5.10 Å². The Balaban J connectivity index is 1.55. The normalized spacial score (nSPS) is 11.7. The lowest BCUT2D eigenvalue weighted by Gasteiger charge is -2.08. The fourth-order valence-corrected chi connectivity index (χ4v) is 4.17. The third-order valence-corrected chi connectivity index (χ3v) is 5.75. The summed E-state index contributed by atoms with van der Waals surface area (Å²) in [5.41, 5.74) is 4.58. The van der Waals surface area contributed by atoms with Crippen molar-refractivity contribution in [2.24, 2.45) is 5.10 Å². The first kappa shape index (κ1) is 18.8. The van der Waals surface area contributed by atoms with Crippen molar-refractivity contribution in [3.8, 4) is 0 Å². The molecule has 0 aliphatic heterocycles. The van der Waals surface area contributed by atoms with Gasteiger partial charge in [0.2, 0.25) is 0 Å². The third kappa shape index (κ3) is 3.62. The molecule has 0 aliphatic carbocycles. The van der Waals surface area contributed by atoms with Gasteiger partial charge < -0.3 is 4.57 Å². The average Bonchev–Trinajstić information content (AvgIpc) is 3.29. The van der Waals surface area contributed by atoms with E-state index >= 15 is 0 Å². The van der Waals surface area contributed by atoms with Gasteiger partial charge in [-0.15, -0.1) is 11.3 Å². The minimum Gasteiger partial charge on any atom is -0.344 e. The summed E-state index contributed by atoms with van der Waals surface area (Å²) in [6.45, 7) is 4.22. The molecular formula is C21H18N4O3S. The van der Waals surface area contributed by atoms with Crippen LogP contribution in [0.4, 0.5) is 5.69 Å². The predicted octanol–water partition coefficient (Wildman–Crippen LogP) is 5.11. The lowest BCUT2D eigenvalue weighted by Crippen LogP contribution is -2.16. The summed E-state index contributed by atoms with van der Waals surface area (Å²) in [5.74, 6) is -0.349. The van der Waals surface area contributed by atoms with Gasteiger partial charge in [-0.1, -0.05) is 18.2 Å². The maximum absolute atomic E-state index is 12.4. The average molecular weight is 406 g/mol. The van der Waals surface area contributed by atoms with Crippen LogP contribution in [0.5, 0.6) is 0 Å². The van der Waals surface area contributed by atoms with Crippen LogP contribution in [0.25, 0.3) is 21.0 Å². The van der Waals surface area contributed by atoms with E-state index < -0.39 is 4.92 Å². The minimum absolute atomic E-state index is 0.00169. The van der Waals surface area contributed by atoms with Crippen LogP contribution >= 0.6 is 11.3 Å². The monoisotopic (exact) mass is 406 g/mol. The number of hydrogen-bond acceptors (Lipinski definition) is 5. The molecule has 0 radical (unpaired) electrons. The molecule has 7 nitrogen and oxygen atoms in total. The van der Waals surface area contributed by atoms with E-state index in [1.807, 2.05) is 24.4 Å². The first-order chi connectivity index (χ1) is 13.9. The molecule has 4 rings (SSSR count). The van der Waals surface area contributed by atoms with Crippen LogP contribution in [0.15, 0.2) is 59.8 Å². The standard InChI is InChI=1S/C21H18N4O3S/c1-13(2)24-12-15(17-5-3-4-6-18(17)24)11-22-23-21(26)20-10-14-9-16(25(27)28)7-8-19(14)29-20/h3-13H,1-2H3,(H,23,26). The highest BCUT2D eigenvalue weighted by Crippen LogP contribution is 2.29. The number of fused-ring (bicyclic) bond motifs is 2. The van der Waals surface area contributed by atoms with Crippen molar-refractivity contribution in [3.63, 3.8) is 0 Å².